The van der Waals surface area contributed by atoms with Crippen LogP contribution >= 0.6 is 11.6 Å². The molecule has 10 nitrogen and oxygen atoms in total. The van der Waals surface area contributed by atoms with Crippen LogP contribution in [-0.4, -0.2) is 28.3 Å². The van der Waals surface area contributed by atoms with Crippen molar-refractivity contribution in [1.82, 2.24) is 0 Å². The lowest BCUT2D eigenvalue weighted by Gasteiger charge is -2.10. The van der Waals surface area contributed by atoms with E-state index in [2.05, 4.69) is 5.32 Å². The Morgan fingerprint density at radius 1 is 1.07 bits per heavy atom. The van der Waals surface area contributed by atoms with Crippen LogP contribution in [0.1, 0.15) is 21.5 Å². The SMILES string of the molecule is Cc1c(Cl)cccc1NC(=O)COC(=O)c1cc([N+](=O)[O-])c(C)c([N+](=O)[O-])c1. The zero-order valence-corrected chi connectivity index (χ0v) is 15.5. The summed E-state index contributed by atoms with van der Waals surface area (Å²) in [4.78, 5) is 44.5. The summed E-state index contributed by atoms with van der Waals surface area (Å²) in [6, 6.07) is 6.60. The second-order valence-corrected chi connectivity index (χ2v) is 6.10. The average molecular weight is 408 g/mol. The predicted octanol–water partition coefficient (Wildman–Crippen LogP) is 3.57. The number of nitro benzene ring substituents is 2. The van der Waals surface area contributed by atoms with Crippen molar-refractivity contribution in [3.05, 3.63) is 72.3 Å². The monoisotopic (exact) mass is 407 g/mol. The van der Waals surface area contributed by atoms with Gasteiger partial charge in [0.2, 0.25) is 0 Å². The lowest BCUT2D eigenvalue weighted by atomic mass is 10.1. The molecule has 2 aromatic rings. The van der Waals surface area contributed by atoms with Gasteiger partial charge in [-0.15, -0.1) is 0 Å². The summed E-state index contributed by atoms with van der Waals surface area (Å²) >= 11 is 5.95. The zero-order valence-electron chi connectivity index (χ0n) is 14.7. The van der Waals surface area contributed by atoms with E-state index in [-0.39, 0.29) is 5.56 Å². The Morgan fingerprint density at radius 3 is 2.18 bits per heavy atom. The first-order chi connectivity index (χ1) is 13.1. The second-order valence-electron chi connectivity index (χ2n) is 5.69. The maximum Gasteiger partial charge on any atom is 0.339 e. The molecule has 0 aliphatic rings. The van der Waals surface area contributed by atoms with Gasteiger partial charge < -0.3 is 10.1 Å². The standard InChI is InChI=1S/C17H14ClN3O7/c1-9-12(18)4-3-5-13(9)19-16(22)8-28-17(23)11-6-14(20(24)25)10(2)15(7-11)21(26)27/h3-7H,8H2,1-2H3,(H,19,22). The fourth-order valence-corrected chi connectivity index (χ4v) is 2.50. The minimum absolute atomic E-state index is 0.194. The molecule has 0 aromatic heterocycles. The number of carbonyl (C=O) groups is 2. The smallest absolute Gasteiger partial charge is 0.339 e. The van der Waals surface area contributed by atoms with Crippen LogP contribution in [0.4, 0.5) is 17.1 Å². The Balaban J connectivity index is 2.14. The number of rotatable bonds is 6. The lowest BCUT2D eigenvalue weighted by molar-refractivity contribution is -0.395. The Morgan fingerprint density at radius 2 is 1.64 bits per heavy atom. The van der Waals surface area contributed by atoms with Crippen LogP contribution in [0.3, 0.4) is 0 Å². The summed E-state index contributed by atoms with van der Waals surface area (Å²) < 4.78 is 4.81. The molecule has 0 heterocycles. The number of ether oxygens (including phenoxy) is 1. The molecule has 0 unspecified atom stereocenters. The number of benzene rings is 2. The van der Waals surface area contributed by atoms with E-state index in [1.807, 2.05) is 0 Å². The summed E-state index contributed by atoms with van der Waals surface area (Å²) in [5.74, 6) is -1.78. The van der Waals surface area contributed by atoms with Crippen molar-refractivity contribution in [2.45, 2.75) is 13.8 Å². The third kappa shape index (κ3) is 4.60. The number of anilines is 1. The highest BCUT2D eigenvalue weighted by Gasteiger charge is 2.26. The first-order valence-corrected chi connectivity index (χ1v) is 8.15. The molecule has 1 N–H and O–H groups in total. The molecule has 1 amide bonds. The molecule has 0 atom stereocenters. The maximum absolute atomic E-state index is 12.1. The minimum atomic E-state index is -1.11. The van der Waals surface area contributed by atoms with Gasteiger partial charge in [-0.2, -0.15) is 0 Å². The van der Waals surface area contributed by atoms with Crippen LogP contribution in [0, 0.1) is 34.1 Å². The average Bonchev–Trinajstić information content (AvgIpc) is 2.63. The molecule has 0 spiro atoms. The molecule has 146 valence electrons. The summed E-state index contributed by atoms with van der Waals surface area (Å²) in [5.41, 5.74) is -0.749. The van der Waals surface area contributed by atoms with Gasteiger partial charge in [0.25, 0.3) is 17.3 Å². The number of carbonyl (C=O) groups excluding carboxylic acids is 2. The van der Waals surface area contributed by atoms with Gasteiger partial charge in [0.1, 0.15) is 5.56 Å². The van der Waals surface area contributed by atoms with Crippen molar-refractivity contribution in [1.29, 1.82) is 0 Å². The topological polar surface area (TPSA) is 142 Å². The van der Waals surface area contributed by atoms with E-state index >= 15 is 0 Å². The summed E-state index contributed by atoms with van der Waals surface area (Å²) in [6.45, 7) is 2.20. The number of halogens is 1. The molecule has 0 bridgehead atoms. The molecule has 0 aliphatic carbocycles. The minimum Gasteiger partial charge on any atom is -0.452 e. The number of esters is 1. The van der Waals surface area contributed by atoms with E-state index in [0.29, 0.717) is 16.3 Å². The molecule has 0 saturated heterocycles. The molecule has 0 saturated carbocycles. The third-order valence-electron chi connectivity index (χ3n) is 3.86. The van der Waals surface area contributed by atoms with Crippen molar-refractivity contribution in [3.63, 3.8) is 0 Å². The Kier molecular flexibility index (Phi) is 6.26. The van der Waals surface area contributed by atoms with E-state index < -0.39 is 45.3 Å². The van der Waals surface area contributed by atoms with Gasteiger partial charge in [-0.1, -0.05) is 17.7 Å². The molecular formula is C17H14ClN3O7. The zero-order chi connectivity index (χ0) is 21.0. The molecular weight excluding hydrogens is 394 g/mol. The predicted molar refractivity (Wildman–Crippen MR) is 99.6 cm³/mol. The van der Waals surface area contributed by atoms with Crippen LogP contribution < -0.4 is 5.32 Å². The highest BCUT2D eigenvalue weighted by atomic mass is 35.5. The van der Waals surface area contributed by atoms with Gasteiger partial charge in [0.15, 0.2) is 6.61 Å². The molecule has 28 heavy (non-hydrogen) atoms. The van der Waals surface area contributed by atoms with E-state index in [1.165, 1.54) is 6.92 Å². The van der Waals surface area contributed by atoms with Crippen molar-refractivity contribution in [2.75, 3.05) is 11.9 Å². The van der Waals surface area contributed by atoms with Gasteiger partial charge in [-0.3, -0.25) is 25.0 Å². The first-order valence-electron chi connectivity index (χ1n) is 7.77. The van der Waals surface area contributed by atoms with Crippen LogP contribution in [0.15, 0.2) is 30.3 Å². The van der Waals surface area contributed by atoms with E-state index in [4.69, 9.17) is 16.3 Å². The van der Waals surface area contributed by atoms with Crippen molar-refractivity contribution in [2.24, 2.45) is 0 Å². The van der Waals surface area contributed by atoms with Crippen LogP contribution in [0.5, 0.6) is 0 Å². The maximum atomic E-state index is 12.1. The number of nitro groups is 2. The van der Waals surface area contributed by atoms with E-state index in [1.54, 1.807) is 25.1 Å². The van der Waals surface area contributed by atoms with Crippen molar-refractivity contribution < 1.29 is 24.2 Å². The van der Waals surface area contributed by atoms with Crippen molar-refractivity contribution >= 4 is 40.5 Å². The number of nitrogens with zero attached hydrogens (tertiary/aromatic N) is 2. The van der Waals surface area contributed by atoms with E-state index in [9.17, 15) is 29.8 Å². The second kappa shape index (κ2) is 8.44. The van der Waals surface area contributed by atoms with E-state index in [0.717, 1.165) is 12.1 Å². The van der Waals surface area contributed by atoms with Gasteiger partial charge in [-0.25, -0.2) is 4.79 Å². The molecule has 2 aromatic carbocycles. The summed E-state index contributed by atoms with van der Waals surface area (Å²) in [5, 5.41) is 25.1. The highest BCUT2D eigenvalue weighted by molar-refractivity contribution is 6.31. The quantitative estimate of drug-likeness (QED) is 0.438. The van der Waals surface area contributed by atoms with Crippen LogP contribution in [0.2, 0.25) is 5.02 Å². The molecule has 11 heteroatoms. The fourth-order valence-electron chi connectivity index (χ4n) is 2.32. The Bertz CT molecular complexity index is 956. The molecule has 0 radical (unpaired) electrons. The lowest BCUT2D eigenvalue weighted by Crippen LogP contribution is -2.21. The summed E-state index contributed by atoms with van der Waals surface area (Å²) in [6.07, 6.45) is 0. The number of amides is 1. The normalized spacial score (nSPS) is 10.2. The van der Waals surface area contributed by atoms with Crippen LogP contribution in [0.25, 0.3) is 0 Å². The molecule has 2 rings (SSSR count). The molecule has 0 fully saturated rings. The Labute approximate surface area is 163 Å². The van der Waals surface area contributed by atoms with Gasteiger partial charge in [-0.05, 0) is 31.5 Å². The van der Waals surface area contributed by atoms with Crippen molar-refractivity contribution in [3.8, 4) is 0 Å². The van der Waals surface area contributed by atoms with Gasteiger partial charge in [0.05, 0.1) is 15.4 Å². The number of nitrogens with one attached hydrogen (secondary N) is 1. The largest absolute Gasteiger partial charge is 0.452 e. The molecule has 0 aliphatic heterocycles. The van der Waals surface area contributed by atoms with Gasteiger partial charge >= 0.3 is 5.97 Å². The Hall–Kier alpha value is -3.53. The highest BCUT2D eigenvalue weighted by Crippen LogP contribution is 2.29. The number of hydrogen-bond donors (Lipinski definition) is 1. The fraction of sp³-hybridized carbons (Fsp3) is 0.176. The van der Waals surface area contributed by atoms with Crippen LogP contribution in [-0.2, 0) is 9.53 Å². The number of hydrogen-bond acceptors (Lipinski definition) is 7. The first kappa shape index (κ1) is 20.8. The third-order valence-corrected chi connectivity index (χ3v) is 4.27. The van der Waals surface area contributed by atoms with Gasteiger partial charge in [0, 0.05) is 22.8 Å². The summed E-state index contributed by atoms with van der Waals surface area (Å²) in [7, 11) is 0.